The number of benzene rings is 1. The number of carbonyl (C=O) groups excluding carboxylic acids is 1. The first-order chi connectivity index (χ1) is 9.58. The monoisotopic (exact) mass is 306 g/mol. The van der Waals surface area contributed by atoms with Crippen molar-refractivity contribution in [3.8, 4) is 0 Å². The van der Waals surface area contributed by atoms with E-state index in [-0.39, 0.29) is 5.91 Å². The molecule has 0 atom stereocenters. The number of thioether (sulfide) groups is 1. The van der Waals surface area contributed by atoms with Gasteiger partial charge in [-0.3, -0.25) is 9.69 Å². The average Bonchev–Trinajstić information content (AvgIpc) is 2.67. The van der Waals surface area contributed by atoms with E-state index >= 15 is 0 Å². The largest absolute Gasteiger partial charge is 0.309 e. The molecular weight excluding hydrogens is 288 g/mol. The lowest BCUT2D eigenvalue weighted by molar-refractivity contribution is -0.122. The normalized spacial score (nSPS) is 17.6. The molecule has 20 heavy (non-hydrogen) atoms. The Bertz CT molecular complexity index is 526. The molecule has 1 aromatic carbocycles. The lowest BCUT2D eigenvalue weighted by atomic mass is 10.2. The van der Waals surface area contributed by atoms with Crippen molar-refractivity contribution in [2.75, 3.05) is 27.2 Å². The van der Waals surface area contributed by atoms with Crippen molar-refractivity contribution in [2.24, 2.45) is 0 Å². The molecule has 3 nitrogen and oxygen atoms in total. The molecule has 0 aliphatic carbocycles. The van der Waals surface area contributed by atoms with Gasteiger partial charge in [-0.15, -0.1) is 0 Å². The smallest absolute Gasteiger partial charge is 0.266 e. The van der Waals surface area contributed by atoms with E-state index in [1.807, 2.05) is 50.5 Å². The molecule has 0 unspecified atom stereocenters. The molecule has 2 rings (SSSR count). The number of nitrogens with zero attached hydrogens (tertiary/aromatic N) is 2. The van der Waals surface area contributed by atoms with Gasteiger partial charge < -0.3 is 4.90 Å². The van der Waals surface area contributed by atoms with E-state index in [1.54, 1.807) is 4.90 Å². The summed E-state index contributed by atoms with van der Waals surface area (Å²) in [6, 6.07) is 9.86. The summed E-state index contributed by atoms with van der Waals surface area (Å²) in [5, 5.41) is 0. The van der Waals surface area contributed by atoms with E-state index in [0.717, 1.165) is 18.5 Å². The van der Waals surface area contributed by atoms with Crippen LogP contribution in [-0.2, 0) is 4.79 Å². The van der Waals surface area contributed by atoms with Crippen molar-refractivity contribution < 1.29 is 4.79 Å². The van der Waals surface area contributed by atoms with E-state index in [4.69, 9.17) is 12.2 Å². The molecule has 1 aliphatic heterocycles. The van der Waals surface area contributed by atoms with E-state index in [0.29, 0.717) is 15.8 Å². The summed E-state index contributed by atoms with van der Waals surface area (Å²) in [4.78, 5) is 16.9. The van der Waals surface area contributed by atoms with Gasteiger partial charge in [0.05, 0.1) is 4.91 Å². The van der Waals surface area contributed by atoms with Crippen LogP contribution in [0, 0.1) is 0 Å². The van der Waals surface area contributed by atoms with Crippen LogP contribution < -0.4 is 0 Å². The third-order valence-corrected chi connectivity index (χ3v) is 4.34. The highest BCUT2D eigenvalue weighted by Gasteiger charge is 2.31. The van der Waals surface area contributed by atoms with Gasteiger partial charge in [0.2, 0.25) is 0 Å². The van der Waals surface area contributed by atoms with Crippen LogP contribution in [-0.4, -0.2) is 47.2 Å². The minimum Gasteiger partial charge on any atom is -0.309 e. The molecule has 0 N–H and O–H groups in total. The molecule has 5 heteroatoms. The molecular formula is C15H18N2OS2. The second kappa shape index (κ2) is 7.02. The van der Waals surface area contributed by atoms with Gasteiger partial charge in [0.15, 0.2) is 0 Å². The highest BCUT2D eigenvalue weighted by Crippen LogP contribution is 2.32. The summed E-state index contributed by atoms with van der Waals surface area (Å²) >= 11 is 6.69. The third kappa shape index (κ3) is 3.91. The van der Waals surface area contributed by atoms with Gasteiger partial charge in [0.25, 0.3) is 5.91 Å². The van der Waals surface area contributed by atoms with Crippen LogP contribution in [0.25, 0.3) is 6.08 Å². The Hall–Kier alpha value is -1.17. The van der Waals surface area contributed by atoms with Gasteiger partial charge in [0.1, 0.15) is 4.32 Å². The zero-order valence-corrected chi connectivity index (χ0v) is 13.3. The molecule has 1 fully saturated rings. The SMILES string of the molecule is CN(C)CCCN1C(=O)/C(=C/c2ccccc2)SC1=S. The van der Waals surface area contributed by atoms with Gasteiger partial charge in [0, 0.05) is 6.54 Å². The summed E-state index contributed by atoms with van der Waals surface area (Å²) in [6.45, 7) is 1.64. The average molecular weight is 306 g/mol. The first-order valence-corrected chi connectivity index (χ1v) is 7.75. The quantitative estimate of drug-likeness (QED) is 0.616. The van der Waals surface area contributed by atoms with Crippen LogP contribution in [0.2, 0.25) is 0 Å². The lowest BCUT2D eigenvalue weighted by Crippen LogP contribution is -2.30. The lowest BCUT2D eigenvalue weighted by Gasteiger charge is -2.16. The molecule has 106 valence electrons. The maximum atomic E-state index is 12.3. The fourth-order valence-electron chi connectivity index (χ4n) is 1.94. The molecule has 1 aliphatic rings. The second-order valence-corrected chi connectivity index (χ2v) is 6.58. The Morgan fingerprint density at radius 1 is 1.30 bits per heavy atom. The van der Waals surface area contributed by atoms with E-state index in [2.05, 4.69) is 4.90 Å². The molecule has 0 radical (unpaired) electrons. The predicted octanol–water partition coefficient (Wildman–Crippen LogP) is 2.84. The third-order valence-electron chi connectivity index (χ3n) is 2.96. The van der Waals surface area contributed by atoms with Crippen LogP contribution in [0.5, 0.6) is 0 Å². The summed E-state index contributed by atoms with van der Waals surface area (Å²) in [5.41, 5.74) is 1.03. The van der Waals surface area contributed by atoms with Crippen molar-refractivity contribution in [1.82, 2.24) is 9.80 Å². The van der Waals surface area contributed by atoms with Gasteiger partial charge in [-0.1, -0.05) is 54.3 Å². The van der Waals surface area contributed by atoms with Crippen molar-refractivity contribution in [3.05, 3.63) is 40.8 Å². The molecule has 0 aromatic heterocycles. The Labute approximate surface area is 129 Å². The number of amides is 1. The van der Waals surface area contributed by atoms with E-state index < -0.39 is 0 Å². The van der Waals surface area contributed by atoms with Crippen LogP contribution >= 0.6 is 24.0 Å². The minimum absolute atomic E-state index is 0.0302. The Balaban J connectivity index is 2.03. The molecule has 1 amide bonds. The van der Waals surface area contributed by atoms with Crippen LogP contribution in [0.1, 0.15) is 12.0 Å². The molecule has 0 spiro atoms. The van der Waals surface area contributed by atoms with Crippen LogP contribution in [0.15, 0.2) is 35.2 Å². The number of thiocarbonyl (C=S) groups is 1. The summed E-state index contributed by atoms with van der Waals surface area (Å²) in [5.74, 6) is 0.0302. The topological polar surface area (TPSA) is 23.6 Å². The van der Waals surface area contributed by atoms with Crippen LogP contribution in [0.3, 0.4) is 0 Å². The molecule has 1 aromatic rings. The molecule has 0 saturated carbocycles. The number of rotatable bonds is 5. The second-order valence-electron chi connectivity index (χ2n) is 4.90. The van der Waals surface area contributed by atoms with E-state index in [1.165, 1.54) is 11.8 Å². The maximum Gasteiger partial charge on any atom is 0.266 e. The van der Waals surface area contributed by atoms with Gasteiger partial charge in [-0.05, 0) is 38.7 Å². The summed E-state index contributed by atoms with van der Waals surface area (Å²) < 4.78 is 0.663. The van der Waals surface area contributed by atoms with Crippen LogP contribution in [0.4, 0.5) is 0 Å². The fraction of sp³-hybridized carbons (Fsp3) is 0.333. The highest BCUT2D eigenvalue weighted by atomic mass is 32.2. The number of hydrogen-bond acceptors (Lipinski definition) is 4. The highest BCUT2D eigenvalue weighted by molar-refractivity contribution is 8.26. The Morgan fingerprint density at radius 3 is 2.65 bits per heavy atom. The van der Waals surface area contributed by atoms with Crippen molar-refractivity contribution in [2.45, 2.75) is 6.42 Å². The van der Waals surface area contributed by atoms with Gasteiger partial charge in [-0.25, -0.2) is 0 Å². The summed E-state index contributed by atoms with van der Waals surface area (Å²) in [6.07, 6.45) is 2.84. The zero-order chi connectivity index (χ0) is 14.5. The fourth-order valence-corrected chi connectivity index (χ4v) is 3.25. The van der Waals surface area contributed by atoms with E-state index in [9.17, 15) is 4.79 Å². The number of carbonyl (C=O) groups is 1. The van der Waals surface area contributed by atoms with Gasteiger partial charge in [-0.2, -0.15) is 0 Å². The van der Waals surface area contributed by atoms with Crippen molar-refractivity contribution in [1.29, 1.82) is 0 Å². The summed E-state index contributed by atoms with van der Waals surface area (Å²) in [7, 11) is 4.05. The Kier molecular flexibility index (Phi) is 5.34. The molecule has 0 bridgehead atoms. The minimum atomic E-state index is 0.0302. The zero-order valence-electron chi connectivity index (χ0n) is 11.7. The first-order valence-electron chi connectivity index (χ1n) is 6.53. The maximum absolute atomic E-state index is 12.3. The molecule has 1 heterocycles. The van der Waals surface area contributed by atoms with Crippen molar-refractivity contribution >= 4 is 40.3 Å². The molecule has 1 saturated heterocycles. The standard InChI is InChI=1S/C15H18N2OS2/c1-16(2)9-6-10-17-14(18)13(20-15(17)19)11-12-7-4-3-5-8-12/h3-5,7-8,11H,6,9-10H2,1-2H3/b13-11-. The number of hydrogen-bond donors (Lipinski definition) is 0. The first kappa shape index (κ1) is 15.2. The van der Waals surface area contributed by atoms with Gasteiger partial charge >= 0.3 is 0 Å². The Morgan fingerprint density at radius 2 is 2.00 bits per heavy atom. The predicted molar refractivity (Wildman–Crippen MR) is 89.5 cm³/mol. The van der Waals surface area contributed by atoms with Crippen molar-refractivity contribution in [3.63, 3.8) is 0 Å².